The maximum absolute atomic E-state index is 13.0. The SMILES string of the molecule is CC(C)(C)[S+]([O-])/N=C/c1cnc(F)c(F)c1Cl. The third-order valence-electron chi connectivity index (χ3n) is 1.76. The van der Waals surface area contributed by atoms with Crippen LogP contribution >= 0.6 is 11.6 Å². The second-order valence-electron chi connectivity index (χ2n) is 4.23. The number of hydrogen-bond acceptors (Lipinski definition) is 3. The Bertz CT molecular complexity index is 449. The van der Waals surface area contributed by atoms with Crippen LogP contribution in [0.15, 0.2) is 10.6 Å². The van der Waals surface area contributed by atoms with E-state index in [9.17, 15) is 13.3 Å². The molecule has 0 aliphatic heterocycles. The van der Waals surface area contributed by atoms with Gasteiger partial charge in [-0.05, 0) is 20.8 Å². The summed E-state index contributed by atoms with van der Waals surface area (Å²) < 4.78 is 40.5. The average molecular weight is 281 g/mol. The fourth-order valence-corrected chi connectivity index (χ4v) is 1.51. The predicted octanol–water partition coefficient (Wildman–Crippen LogP) is 2.89. The first-order valence-corrected chi connectivity index (χ1v) is 6.17. The molecule has 0 N–H and O–H groups in total. The lowest BCUT2D eigenvalue weighted by atomic mass is 10.3. The Hall–Kier alpha value is -0.720. The highest BCUT2D eigenvalue weighted by Gasteiger charge is 2.26. The molecule has 1 aromatic heterocycles. The van der Waals surface area contributed by atoms with Crippen LogP contribution in [0.5, 0.6) is 0 Å². The molecule has 17 heavy (non-hydrogen) atoms. The molecule has 0 radical (unpaired) electrons. The van der Waals surface area contributed by atoms with Crippen molar-refractivity contribution in [1.29, 1.82) is 0 Å². The van der Waals surface area contributed by atoms with E-state index in [0.717, 1.165) is 12.4 Å². The van der Waals surface area contributed by atoms with Gasteiger partial charge in [-0.1, -0.05) is 16.0 Å². The van der Waals surface area contributed by atoms with Crippen molar-refractivity contribution in [1.82, 2.24) is 4.98 Å². The second-order valence-corrected chi connectivity index (χ2v) is 6.54. The molecule has 1 heterocycles. The average Bonchev–Trinajstić information content (AvgIpc) is 2.23. The van der Waals surface area contributed by atoms with E-state index >= 15 is 0 Å². The molecular weight excluding hydrogens is 270 g/mol. The molecule has 1 rings (SSSR count). The lowest BCUT2D eigenvalue weighted by molar-refractivity contribution is 0.479. The Labute approximate surface area is 106 Å². The normalized spacial score (nSPS) is 14.3. The molecule has 1 atom stereocenters. The minimum Gasteiger partial charge on any atom is -0.591 e. The van der Waals surface area contributed by atoms with Crippen molar-refractivity contribution >= 4 is 29.2 Å². The number of aromatic nitrogens is 1. The summed E-state index contributed by atoms with van der Waals surface area (Å²) >= 11 is 4.06. The van der Waals surface area contributed by atoms with E-state index in [-0.39, 0.29) is 5.56 Å². The Morgan fingerprint density at radius 3 is 2.59 bits per heavy atom. The van der Waals surface area contributed by atoms with Crippen LogP contribution in [0.1, 0.15) is 26.3 Å². The van der Waals surface area contributed by atoms with E-state index in [4.69, 9.17) is 11.6 Å². The molecule has 0 saturated carbocycles. The highest BCUT2D eigenvalue weighted by Crippen LogP contribution is 2.21. The van der Waals surface area contributed by atoms with Gasteiger partial charge in [0.2, 0.25) is 5.95 Å². The fourth-order valence-electron chi connectivity index (χ4n) is 0.810. The number of hydrogen-bond donors (Lipinski definition) is 0. The van der Waals surface area contributed by atoms with Crippen molar-refractivity contribution in [3.63, 3.8) is 0 Å². The zero-order valence-electron chi connectivity index (χ0n) is 9.50. The number of pyridine rings is 1. The lowest BCUT2D eigenvalue weighted by Gasteiger charge is -2.17. The molecule has 0 spiro atoms. The summed E-state index contributed by atoms with van der Waals surface area (Å²) in [4.78, 5) is 3.16. The first-order chi connectivity index (χ1) is 7.73. The van der Waals surface area contributed by atoms with Crippen molar-refractivity contribution in [3.8, 4) is 0 Å². The van der Waals surface area contributed by atoms with E-state index in [1.807, 2.05) is 0 Å². The Kier molecular flexibility index (Phi) is 4.46. The van der Waals surface area contributed by atoms with Crippen LogP contribution < -0.4 is 0 Å². The maximum atomic E-state index is 13.0. The predicted molar refractivity (Wildman–Crippen MR) is 64.7 cm³/mol. The molecule has 3 nitrogen and oxygen atoms in total. The molecular formula is C10H11ClF2N2OS. The minimum absolute atomic E-state index is 0.0863. The molecule has 94 valence electrons. The van der Waals surface area contributed by atoms with Crippen molar-refractivity contribution < 1.29 is 13.3 Å². The van der Waals surface area contributed by atoms with Crippen LogP contribution in [0.3, 0.4) is 0 Å². The van der Waals surface area contributed by atoms with Crippen molar-refractivity contribution in [2.45, 2.75) is 25.5 Å². The van der Waals surface area contributed by atoms with Gasteiger partial charge in [0.1, 0.15) is 16.1 Å². The third-order valence-corrected chi connectivity index (χ3v) is 3.48. The zero-order chi connectivity index (χ0) is 13.2. The lowest BCUT2D eigenvalue weighted by Crippen LogP contribution is -2.25. The van der Waals surface area contributed by atoms with Crippen LogP contribution in [0.2, 0.25) is 5.02 Å². The van der Waals surface area contributed by atoms with Crippen LogP contribution in [0.25, 0.3) is 0 Å². The summed E-state index contributed by atoms with van der Waals surface area (Å²) in [6.07, 6.45) is 2.16. The van der Waals surface area contributed by atoms with Crippen LogP contribution in [0, 0.1) is 11.8 Å². The quantitative estimate of drug-likeness (QED) is 0.475. The monoisotopic (exact) mass is 280 g/mol. The van der Waals surface area contributed by atoms with E-state index in [1.54, 1.807) is 20.8 Å². The van der Waals surface area contributed by atoms with Gasteiger partial charge in [-0.3, -0.25) is 0 Å². The number of halogens is 3. The van der Waals surface area contributed by atoms with E-state index in [2.05, 4.69) is 9.38 Å². The molecule has 1 aromatic rings. The van der Waals surface area contributed by atoms with Gasteiger partial charge in [-0.25, -0.2) is 9.37 Å². The standard InChI is InChI=1S/C10H11ClF2N2OS/c1-10(2,3)17(16)15-5-6-4-14-9(13)8(12)7(6)11/h4-5H,1-3H3/b15-5+. The molecule has 0 aliphatic carbocycles. The summed E-state index contributed by atoms with van der Waals surface area (Å²) in [6.45, 7) is 5.22. The molecule has 0 amide bonds. The topological polar surface area (TPSA) is 48.3 Å². The fraction of sp³-hybridized carbons (Fsp3) is 0.400. The first kappa shape index (κ1) is 14.3. The molecule has 0 saturated heterocycles. The zero-order valence-corrected chi connectivity index (χ0v) is 11.1. The number of nitrogens with zero attached hydrogens (tertiary/aromatic N) is 2. The van der Waals surface area contributed by atoms with Crippen molar-refractivity contribution in [2.24, 2.45) is 4.40 Å². The van der Waals surface area contributed by atoms with Crippen molar-refractivity contribution in [2.75, 3.05) is 0 Å². The van der Waals surface area contributed by atoms with Gasteiger partial charge in [0, 0.05) is 11.8 Å². The second kappa shape index (κ2) is 5.29. The molecule has 0 aromatic carbocycles. The number of rotatable bonds is 2. The first-order valence-electron chi connectivity index (χ1n) is 4.69. The maximum Gasteiger partial charge on any atom is 0.250 e. The molecule has 1 unspecified atom stereocenters. The van der Waals surface area contributed by atoms with Crippen LogP contribution in [-0.4, -0.2) is 20.5 Å². The van der Waals surface area contributed by atoms with E-state index in [1.165, 1.54) is 0 Å². The summed E-state index contributed by atoms with van der Waals surface area (Å²) in [5.74, 6) is -2.51. The van der Waals surface area contributed by atoms with Crippen LogP contribution in [0.4, 0.5) is 8.78 Å². The molecule has 0 bridgehead atoms. The van der Waals surface area contributed by atoms with Gasteiger partial charge in [-0.2, -0.15) is 4.39 Å². The largest absolute Gasteiger partial charge is 0.591 e. The van der Waals surface area contributed by atoms with E-state index < -0.39 is 32.9 Å². The van der Waals surface area contributed by atoms with Gasteiger partial charge >= 0.3 is 0 Å². The smallest absolute Gasteiger partial charge is 0.250 e. The van der Waals surface area contributed by atoms with Gasteiger partial charge in [0.05, 0.1) is 11.2 Å². The molecule has 0 fully saturated rings. The Morgan fingerprint density at radius 2 is 2.06 bits per heavy atom. The highest BCUT2D eigenvalue weighted by atomic mass is 35.5. The Morgan fingerprint density at radius 1 is 1.47 bits per heavy atom. The van der Waals surface area contributed by atoms with Gasteiger partial charge < -0.3 is 4.55 Å². The van der Waals surface area contributed by atoms with Crippen molar-refractivity contribution in [3.05, 3.63) is 28.5 Å². The summed E-state index contributed by atoms with van der Waals surface area (Å²) in [5, 5.41) is -0.424. The molecule has 0 aliphatic rings. The van der Waals surface area contributed by atoms with Gasteiger partial charge in [-0.15, -0.1) is 0 Å². The highest BCUT2D eigenvalue weighted by molar-refractivity contribution is 7.91. The minimum atomic E-state index is -1.49. The van der Waals surface area contributed by atoms with Gasteiger partial charge in [0.25, 0.3) is 0 Å². The summed E-state index contributed by atoms with van der Waals surface area (Å²) in [5.41, 5.74) is 0.0863. The Balaban J connectivity index is 2.97. The van der Waals surface area contributed by atoms with Crippen LogP contribution in [-0.2, 0) is 11.4 Å². The van der Waals surface area contributed by atoms with E-state index in [0.29, 0.717) is 0 Å². The summed E-state index contributed by atoms with van der Waals surface area (Å²) in [6, 6.07) is 0. The third kappa shape index (κ3) is 3.62. The molecule has 7 heteroatoms. The van der Waals surface area contributed by atoms with Gasteiger partial charge in [0.15, 0.2) is 5.82 Å². The summed E-state index contributed by atoms with van der Waals surface area (Å²) in [7, 11) is 0.